The number of carboxylic acids is 1. The van der Waals surface area contributed by atoms with Gasteiger partial charge in [0.15, 0.2) is 11.6 Å². The normalized spacial score (nSPS) is 16.4. The molecule has 0 aromatic heterocycles. The molecule has 35 heavy (non-hydrogen) atoms. The van der Waals surface area contributed by atoms with Crippen molar-refractivity contribution in [2.75, 3.05) is 17.2 Å². The second-order valence-electron chi connectivity index (χ2n) is 9.25. The summed E-state index contributed by atoms with van der Waals surface area (Å²) in [6.45, 7) is 0.562. The molecule has 3 aromatic rings. The fraction of sp³-hybridized carbons (Fsp3) is 0.296. The van der Waals surface area contributed by atoms with Crippen molar-refractivity contribution in [3.05, 3.63) is 87.9 Å². The van der Waals surface area contributed by atoms with Gasteiger partial charge in [-0.1, -0.05) is 36.6 Å². The molecule has 0 atom stereocenters. The number of fused-ring (bicyclic) bond motifs is 1. The Morgan fingerprint density at radius 3 is 2.23 bits per heavy atom. The second kappa shape index (κ2) is 9.38. The number of ether oxygens (including phenoxy) is 1. The smallest absolute Gasteiger partial charge is 0.335 e. The highest BCUT2D eigenvalue weighted by atomic mass is 35.5. The van der Waals surface area contributed by atoms with E-state index in [0.29, 0.717) is 41.1 Å². The van der Waals surface area contributed by atoms with Crippen molar-refractivity contribution in [2.45, 2.75) is 37.8 Å². The molecular formula is C27H25ClF2N2O3. The van der Waals surface area contributed by atoms with Crippen LogP contribution < -0.4 is 15.4 Å². The van der Waals surface area contributed by atoms with E-state index in [1.807, 2.05) is 6.07 Å². The molecule has 182 valence electrons. The Hall–Kier alpha value is -3.32. The molecule has 1 aliphatic carbocycles. The van der Waals surface area contributed by atoms with Crippen LogP contribution in [0.1, 0.15) is 47.2 Å². The van der Waals surface area contributed by atoms with Crippen molar-refractivity contribution in [3.63, 3.8) is 0 Å². The maximum absolute atomic E-state index is 14.1. The predicted molar refractivity (Wildman–Crippen MR) is 131 cm³/mol. The summed E-state index contributed by atoms with van der Waals surface area (Å²) in [5.41, 5.74) is 1.56. The quantitative estimate of drug-likeness (QED) is 0.333. The van der Waals surface area contributed by atoms with Gasteiger partial charge in [0.1, 0.15) is 11.4 Å². The minimum atomic E-state index is -1.01. The predicted octanol–water partition coefficient (Wildman–Crippen LogP) is 6.82. The average Bonchev–Trinajstić information content (AvgIpc) is 3.46. The van der Waals surface area contributed by atoms with Gasteiger partial charge in [0.2, 0.25) is 0 Å². The number of benzene rings is 3. The van der Waals surface area contributed by atoms with Crippen LogP contribution in [0.4, 0.5) is 20.2 Å². The molecular weight excluding hydrogens is 474 g/mol. The van der Waals surface area contributed by atoms with Crippen molar-refractivity contribution in [2.24, 2.45) is 5.92 Å². The molecule has 0 spiro atoms. The monoisotopic (exact) mass is 498 g/mol. The average molecular weight is 499 g/mol. The summed E-state index contributed by atoms with van der Waals surface area (Å²) in [7, 11) is 0. The molecule has 5 rings (SSSR count). The SMILES string of the molecule is O=C(O)c1ccc(CC2(c3ccc(Cl)cc3OCC3CCCC3)Nc3cc(F)c(F)cc3N2)cc1. The topological polar surface area (TPSA) is 70.6 Å². The summed E-state index contributed by atoms with van der Waals surface area (Å²) in [6.07, 6.45) is 4.98. The summed E-state index contributed by atoms with van der Waals surface area (Å²) in [6, 6.07) is 14.1. The fourth-order valence-electron chi connectivity index (χ4n) is 4.99. The van der Waals surface area contributed by atoms with Crippen molar-refractivity contribution in [3.8, 4) is 5.75 Å². The molecule has 2 aliphatic rings. The second-order valence-corrected chi connectivity index (χ2v) is 9.68. The number of hydrogen-bond acceptors (Lipinski definition) is 4. The fourth-order valence-corrected chi connectivity index (χ4v) is 5.15. The third-order valence-electron chi connectivity index (χ3n) is 6.78. The number of halogens is 3. The van der Waals surface area contributed by atoms with Gasteiger partial charge < -0.3 is 20.5 Å². The van der Waals surface area contributed by atoms with Crippen molar-refractivity contribution < 1.29 is 23.4 Å². The first-order valence-corrected chi connectivity index (χ1v) is 12.0. The van der Waals surface area contributed by atoms with E-state index in [1.54, 1.807) is 24.3 Å². The molecule has 8 heteroatoms. The zero-order valence-electron chi connectivity index (χ0n) is 18.9. The summed E-state index contributed by atoms with van der Waals surface area (Å²) < 4.78 is 34.4. The van der Waals surface area contributed by atoms with E-state index in [0.717, 1.165) is 36.1 Å². The lowest BCUT2D eigenvalue weighted by molar-refractivity contribution is 0.0697. The van der Waals surface area contributed by atoms with Crippen LogP contribution in [0, 0.1) is 17.6 Å². The van der Waals surface area contributed by atoms with Crippen LogP contribution in [0.3, 0.4) is 0 Å². The first kappa shape index (κ1) is 23.4. The van der Waals surface area contributed by atoms with Crippen LogP contribution >= 0.6 is 11.6 Å². The molecule has 1 fully saturated rings. The van der Waals surface area contributed by atoms with Crippen LogP contribution in [0.25, 0.3) is 0 Å². The zero-order chi connectivity index (χ0) is 24.6. The summed E-state index contributed by atoms with van der Waals surface area (Å²) >= 11 is 6.33. The highest BCUT2D eigenvalue weighted by Crippen LogP contribution is 2.46. The zero-order valence-corrected chi connectivity index (χ0v) is 19.7. The molecule has 0 amide bonds. The lowest BCUT2D eigenvalue weighted by atomic mass is 9.91. The van der Waals surface area contributed by atoms with E-state index >= 15 is 0 Å². The molecule has 5 nitrogen and oxygen atoms in total. The number of rotatable bonds is 7. The number of nitrogens with one attached hydrogen (secondary N) is 2. The number of hydrogen-bond donors (Lipinski definition) is 3. The maximum atomic E-state index is 14.1. The summed E-state index contributed by atoms with van der Waals surface area (Å²) in [4.78, 5) is 11.3. The Kier molecular flexibility index (Phi) is 6.28. The Labute approximate surface area is 207 Å². The number of carboxylic acid groups (broad SMARTS) is 1. The third-order valence-corrected chi connectivity index (χ3v) is 7.01. The van der Waals surface area contributed by atoms with Crippen LogP contribution in [0.5, 0.6) is 5.75 Å². The maximum Gasteiger partial charge on any atom is 0.335 e. The van der Waals surface area contributed by atoms with Gasteiger partial charge in [0.05, 0.1) is 23.5 Å². The van der Waals surface area contributed by atoms with Crippen LogP contribution in [0.15, 0.2) is 54.6 Å². The van der Waals surface area contributed by atoms with E-state index < -0.39 is 23.3 Å². The van der Waals surface area contributed by atoms with Crippen LogP contribution in [0.2, 0.25) is 5.02 Å². The minimum absolute atomic E-state index is 0.176. The van der Waals surface area contributed by atoms with Crippen molar-refractivity contribution >= 4 is 28.9 Å². The Balaban J connectivity index is 1.54. The highest BCUT2D eigenvalue weighted by Gasteiger charge is 2.41. The van der Waals surface area contributed by atoms with Gasteiger partial charge >= 0.3 is 5.97 Å². The molecule has 0 unspecified atom stereocenters. The highest BCUT2D eigenvalue weighted by molar-refractivity contribution is 6.30. The third kappa shape index (κ3) is 4.78. The van der Waals surface area contributed by atoms with Gasteiger partial charge in [-0.15, -0.1) is 0 Å². The Morgan fingerprint density at radius 2 is 1.63 bits per heavy atom. The van der Waals surface area contributed by atoms with Gasteiger partial charge in [-0.3, -0.25) is 0 Å². The molecule has 0 saturated heterocycles. The van der Waals surface area contributed by atoms with Gasteiger partial charge in [-0.2, -0.15) is 0 Å². The van der Waals surface area contributed by atoms with E-state index in [9.17, 15) is 18.7 Å². The lowest BCUT2D eigenvalue weighted by Crippen LogP contribution is -2.41. The van der Waals surface area contributed by atoms with E-state index in [1.165, 1.54) is 25.0 Å². The molecule has 1 heterocycles. The lowest BCUT2D eigenvalue weighted by Gasteiger charge is -2.33. The van der Waals surface area contributed by atoms with Gasteiger partial charge in [0.25, 0.3) is 0 Å². The van der Waals surface area contributed by atoms with E-state index in [-0.39, 0.29) is 5.56 Å². The van der Waals surface area contributed by atoms with E-state index in [4.69, 9.17) is 16.3 Å². The van der Waals surface area contributed by atoms with Gasteiger partial charge in [-0.25, -0.2) is 13.6 Å². The van der Waals surface area contributed by atoms with Crippen LogP contribution in [-0.4, -0.2) is 17.7 Å². The van der Waals surface area contributed by atoms with Gasteiger partial charge in [0, 0.05) is 29.1 Å². The Morgan fingerprint density at radius 1 is 1.00 bits per heavy atom. The number of aromatic carboxylic acids is 1. The Bertz CT molecular complexity index is 1230. The van der Waals surface area contributed by atoms with Gasteiger partial charge in [-0.05, 0) is 54.7 Å². The molecule has 0 radical (unpaired) electrons. The largest absolute Gasteiger partial charge is 0.493 e. The van der Waals surface area contributed by atoms with E-state index in [2.05, 4.69) is 10.6 Å². The first-order chi connectivity index (χ1) is 16.8. The molecule has 0 bridgehead atoms. The molecule has 3 N–H and O–H groups in total. The summed E-state index contributed by atoms with van der Waals surface area (Å²) in [5.74, 6) is -1.85. The number of anilines is 2. The van der Waals surface area contributed by atoms with Crippen molar-refractivity contribution in [1.82, 2.24) is 0 Å². The molecule has 1 aliphatic heterocycles. The minimum Gasteiger partial charge on any atom is -0.493 e. The first-order valence-electron chi connectivity index (χ1n) is 11.6. The standard InChI is InChI=1S/C27H25ClF2N2O3/c28-19-9-10-20(25(11-19)35-15-17-3-1-2-4-17)27(14-16-5-7-18(8-6-16)26(33)34)31-23-12-21(29)22(30)13-24(23)32-27/h5-13,17,31-32H,1-4,14-15H2,(H,33,34). The molecule has 3 aromatic carbocycles. The van der Waals surface area contributed by atoms with Crippen LogP contribution in [-0.2, 0) is 12.1 Å². The van der Waals surface area contributed by atoms with Crippen molar-refractivity contribution in [1.29, 1.82) is 0 Å². The number of carbonyl (C=O) groups is 1. The summed E-state index contributed by atoms with van der Waals surface area (Å²) in [5, 5.41) is 16.5. The molecule has 1 saturated carbocycles.